The Morgan fingerprint density at radius 1 is 1.23 bits per heavy atom. The van der Waals surface area contributed by atoms with Gasteiger partial charge in [0, 0.05) is 20.6 Å². The van der Waals surface area contributed by atoms with Crippen LogP contribution in [0.2, 0.25) is 0 Å². The first kappa shape index (κ1) is 15.6. The summed E-state index contributed by atoms with van der Waals surface area (Å²) in [5, 5.41) is 15.7. The highest BCUT2D eigenvalue weighted by molar-refractivity contribution is 5.68. The van der Waals surface area contributed by atoms with Crippen LogP contribution < -0.4 is 10.7 Å². The van der Waals surface area contributed by atoms with Gasteiger partial charge >= 0.3 is 5.69 Å². The summed E-state index contributed by atoms with van der Waals surface area (Å²) in [6.07, 6.45) is 1.23. The number of nitrogens with zero attached hydrogens (tertiary/aromatic N) is 4. The number of halogens is 1. The van der Waals surface area contributed by atoms with Gasteiger partial charge in [0.05, 0.1) is 4.92 Å². The van der Waals surface area contributed by atoms with Crippen LogP contribution >= 0.6 is 0 Å². The number of nitrogens with one attached hydrogen (secondary N) is 2. The molecule has 2 rings (SSSR count). The van der Waals surface area contributed by atoms with Gasteiger partial charge in [-0.1, -0.05) is 12.1 Å². The van der Waals surface area contributed by atoms with Crippen LogP contribution in [0.1, 0.15) is 5.56 Å². The zero-order valence-corrected chi connectivity index (χ0v) is 12.1. The first-order chi connectivity index (χ1) is 10.5. The van der Waals surface area contributed by atoms with Crippen molar-refractivity contribution in [1.29, 1.82) is 0 Å². The molecule has 0 spiro atoms. The summed E-state index contributed by atoms with van der Waals surface area (Å²) in [6.45, 7) is 0.277. The van der Waals surface area contributed by atoms with E-state index in [1.54, 1.807) is 31.2 Å². The zero-order valence-electron chi connectivity index (χ0n) is 12.1. The molecule has 0 bridgehead atoms. The Labute approximate surface area is 126 Å². The van der Waals surface area contributed by atoms with E-state index in [9.17, 15) is 14.5 Å². The number of aromatic nitrogens is 2. The maximum atomic E-state index is 12.9. The van der Waals surface area contributed by atoms with Crippen molar-refractivity contribution in [2.45, 2.75) is 6.54 Å². The third-order valence-corrected chi connectivity index (χ3v) is 2.71. The predicted octanol–water partition coefficient (Wildman–Crippen LogP) is 2.02. The van der Waals surface area contributed by atoms with Gasteiger partial charge in [-0.3, -0.25) is 15.5 Å². The molecule has 0 fully saturated rings. The number of rotatable bonds is 6. The van der Waals surface area contributed by atoms with Crippen molar-refractivity contribution < 1.29 is 9.31 Å². The lowest BCUT2D eigenvalue weighted by Gasteiger charge is -2.14. The lowest BCUT2D eigenvalue weighted by molar-refractivity contribution is -0.383. The van der Waals surface area contributed by atoms with Gasteiger partial charge in [-0.2, -0.15) is 0 Å². The van der Waals surface area contributed by atoms with Crippen LogP contribution in [0.5, 0.6) is 0 Å². The highest BCUT2D eigenvalue weighted by Crippen LogP contribution is 2.29. The largest absolute Gasteiger partial charge is 0.360 e. The van der Waals surface area contributed by atoms with Gasteiger partial charge < -0.3 is 5.32 Å². The van der Waals surface area contributed by atoms with Crippen molar-refractivity contribution in [3.8, 4) is 0 Å². The molecule has 0 saturated carbocycles. The van der Waals surface area contributed by atoms with E-state index in [0.717, 1.165) is 5.56 Å². The average Bonchev–Trinajstić information content (AvgIpc) is 2.45. The van der Waals surface area contributed by atoms with E-state index in [1.807, 2.05) is 0 Å². The highest BCUT2D eigenvalue weighted by Gasteiger charge is 2.23. The van der Waals surface area contributed by atoms with Gasteiger partial charge in [-0.25, -0.2) is 19.4 Å². The van der Waals surface area contributed by atoms with Crippen molar-refractivity contribution in [2.24, 2.45) is 0 Å². The molecular formula is C13H15FN6O2. The standard InChI is InChI=1S/C13H15FN6O2/c1-19(2)18-13-11(20(21)22)12(16-8-17-13)15-7-9-3-5-10(14)6-4-9/h3-6,8H,7H2,1-2H3,(H2,15,16,17,18). The second-order valence-electron chi connectivity index (χ2n) is 4.66. The van der Waals surface area contributed by atoms with Gasteiger partial charge in [0.25, 0.3) is 0 Å². The predicted molar refractivity (Wildman–Crippen MR) is 79.7 cm³/mol. The second kappa shape index (κ2) is 6.76. The van der Waals surface area contributed by atoms with Crippen molar-refractivity contribution >= 4 is 17.3 Å². The summed E-state index contributed by atoms with van der Waals surface area (Å²) in [5.74, 6) is -0.158. The molecule has 22 heavy (non-hydrogen) atoms. The lowest BCUT2D eigenvalue weighted by Crippen LogP contribution is -2.21. The quantitative estimate of drug-likeness (QED) is 0.622. The fraction of sp³-hybridized carbons (Fsp3) is 0.231. The van der Waals surface area contributed by atoms with Crippen LogP contribution in [-0.4, -0.2) is 34.0 Å². The first-order valence-corrected chi connectivity index (χ1v) is 6.39. The summed E-state index contributed by atoms with van der Waals surface area (Å²) in [4.78, 5) is 18.5. The fourth-order valence-electron chi connectivity index (χ4n) is 1.76. The van der Waals surface area contributed by atoms with Crippen molar-refractivity contribution in [1.82, 2.24) is 15.0 Å². The molecule has 0 amide bonds. The van der Waals surface area contributed by atoms with Gasteiger partial charge in [0.15, 0.2) is 0 Å². The minimum Gasteiger partial charge on any atom is -0.360 e. The Balaban J connectivity index is 2.22. The van der Waals surface area contributed by atoms with Crippen LogP contribution in [-0.2, 0) is 6.54 Å². The molecule has 2 aromatic rings. The van der Waals surface area contributed by atoms with Gasteiger partial charge in [-0.15, -0.1) is 0 Å². The minimum absolute atomic E-state index is 0.0895. The molecule has 0 unspecified atom stereocenters. The van der Waals surface area contributed by atoms with E-state index in [2.05, 4.69) is 20.7 Å². The maximum absolute atomic E-state index is 12.9. The smallest absolute Gasteiger partial charge is 0.354 e. The molecule has 0 saturated heterocycles. The molecule has 0 atom stereocenters. The Kier molecular flexibility index (Phi) is 4.79. The normalized spacial score (nSPS) is 10.5. The summed E-state index contributed by atoms with van der Waals surface area (Å²) >= 11 is 0. The molecule has 1 heterocycles. The molecule has 2 N–H and O–H groups in total. The van der Waals surface area contributed by atoms with E-state index >= 15 is 0 Å². The van der Waals surface area contributed by atoms with Gasteiger partial charge in [0.1, 0.15) is 12.1 Å². The monoisotopic (exact) mass is 306 g/mol. The Bertz CT molecular complexity index is 662. The third kappa shape index (κ3) is 3.85. The number of nitro groups is 1. The van der Waals surface area contributed by atoms with Crippen LogP contribution in [0.3, 0.4) is 0 Å². The molecule has 0 aliphatic rings. The lowest BCUT2D eigenvalue weighted by atomic mass is 10.2. The first-order valence-electron chi connectivity index (χ1n) is 6.39. The van der Waals surface area contributed by atoms with E-state index < -0.39 is 4.92 Å². The molecule has 0 radical (unpaired) electrons. The van der Waals surface area contributed by atoms with Crippen LogP contribution in [0.15, 0.2) is 30.6 Å². The van der Waals surface area contributed by atoms with Crippen molar-refractivity contribution in [3.63, 3.8) is 0 Å². The molecule has 0 aliphatic carbocycles. The number of hydrogen-bond acceptors (Lipinski definition) is 7. The number of benzene rings is 1. The summed E-state index contributed by atoms with van der Waals surface area (Å²) < 4.78 is 12.9. The Morgan fingerprint density at radius 2 is 1.86 bits per heavy atom. The molecule has 0 aliphatic heterocycles. The molecule has 9 heteroatoms. The summed E-state index contributed by atoms with van der Waals surface area (Å²) in [6, 6.07) is 5.83. The SMILES string of the molecule is CN(C)Nc1ncnc(NCc2ccc(F)cc2)c1[N+](=O)[O-]. The second-order valence-corrected chi connectivity index (χ2v) is 4.66. The molecule has 1 aromatic heterocycles. The van der Waals surface area contributed by atoms with Gasteiger partial charge in [0.2, 0.25) is 11.6 Å². The Hall–Kier alpha value is -2.81. The molecule has 116 valence electrons. The topological polar surface area (TPSA) is 96.2 Å². The average molecular weight is 306 g/mol. The van der Waals surface area contributed by atoms with Crippen molar-refractivity contribution in [3.05, 3.63) is 52.1 Å². The van der Waals surface area contributed by atoms with E-state index in [-0.39, 0.29) is 29.7 Å². The van der Waals surface area contributed by atoms with Crippen LogP contribution in [0.4, 0.5) is 21.7 Å². The number of hydrazine groups is 1. The molecule has 8 nitrogen and oxygen atoms in total. The van der Waals surface area contributed by atoms with Gasteiger partial charge in [-0.05, 0) is 17.7 Å². The molecule has 1 aromatic carbocycles. The Morgan fingerprint density at radius 3 is 2.45 bits per heavy atom. The summed E-state index contributed by atoms with van der Waals surface area (Å²) in [7, 11) is 3.38. The maximum Gasteiger partial charge on any atom is 0.354 e. The van der Waals surface area contributed by atoms with E-state index in [1.165, 1.54) is 18.5 Å². The van der Waals surface area contributed by atoms with E-state index in [4.69, 9.17) is 0 Å². The molecular weight excluding hydrogens is 291 g/mol. The number of hydrogen-bond donors (Lipinski definition) is 2. The summed E-state index contributed by atoms with van der Waals surface area (Å²) in [5.41, 5.74) is 3.27. The van der Waals surface area contributed by atoms with E-state index in [0.29, 0.717) is 0 Å². The fourth-order valence-corrected chi connectivity index (χ4v) is 1.76. The minimum atomic E-state index is -0.557. The van der Waals surface area contributed by atoms with Crippen LogP contribution in [0.25, 0.3) is 0 Å². The number of anilines is 2. The highest BCUT2D eigenvalue weighted by atomic mass is 19.1. The third-order valence-electron chi connectivity index (χ3n) is 2.71. The zero-order chi connectivity index (χ0) is 16.1. The van der Waals surface area contributed by atoms with Crippen molar-refractivity contribution in [2.75, 3.05) is 24.8 Å². The van der Waals surface area contributed by atoms with Crippen LogP contribution in [0, 0.1) is 15.9 Å².